The van der Waals surface area contributed by atoms with Gasteiger partial charge in [0.25, 0.3) is 0 Å². The number of ether oxygens (including phenoxy) is 1. The van der Waals surface area contributed by atoms with E-state index in [1.165, 1.54) is 19.3 Å². The average Bonchev–Trinajstić information content (AvgIpc) is 3.12. The fourth-order valence-electron chi connectivity index (χ4n) is 4.96. The van der Waals surface area contributed by atoms with Gasteiger partial charge in [-0.25, -0.2) is 0 Å². The average molecular weight is 417 g/mol. The Morgan fingerprint density at radius 2 is 1.79 bits per heavy atom. The normalized spacial score (nSPS) is 30.0. The number of rotatable bonds is 8. The van der Waals surface area contributed by atoms with Crippen LogP contribution < -0.4 is 0 Å². The van der Waals surface area contributed by atoms with E-state index < -0.39 is 8.32 Å². The third-order valence-corrected chi connectivity index (χ3v) is 12.1. The summed E-state index contributed by atoms with van der Waals surface area (Å²) in [6.45, 7) is 14.4. The van der Waals surface area contributed by atoms with E-state index >= 15 is 0 Å². The van der Waals surface area contributed by atoms with Gasteiger partial charge in [-0.3, -0.25) is 4.79 Å². The molecule has 1 aromatic rings. The van der Waals surface area contributed by atoms with Crippen LogP contribution in [0.5, 0.6) is 0 Å². The summed E-state index contributed by atoms with van der Waals surface area (Å²) in [6.07, 6.45) is 5.28. The van der Waals surface area contributed by atoms with Gasteiger partial charge in [-0.2, -0.15) is 0 Å². The molecule has 29 heavy (non-hydrogen) atoms. The number of Topliss-reactive ketones (excluding diaryl/α,β-unsaturated/α-hetero) is 1. The zero-order valence-electron chi connectivity index (χ0n) is 19.2. The van der Waals surface area contributed by atoms with Gasteiger partial charge in [0.2, 0.25) is 0 Å². The van der Waals surface area contributed by atoms with Crippen LogP contribution in [-0.2, 0) is 20.6 Å². The first kappa shape index (κ1) is 22.7. The van der Waals surface area contributed by atoms with Crippen molar-refractivity contribution in [2.75, 3.05) is 0 Å². The van der Waals surface area contributed by atoms with Gasteiger partial charge >= 0.3 is 0 Å². The van der Waals surface area contributed by atoms with Gasteiger partial charge in [0.15, 0.2) is 14.1 Å². The Labute approximate surface area is 178 Å². The van der Waals surface area contributed by atoms with Crippen molar-refractivity contribution >= 4 is 14.1 Å². The predicted molar refractivity (Wildman–Crippen MR) is 121 cm³/mol. The summed E-state index contributed by atoms with van der Waals surface area (Å²) in [5.74, 6) is 1.57. The summed E-state index contributed by atoms with van der Waals surface area (Å²) in [5.41, 5.74) is 1.14. The molecule has 0 amide bonds. The van der Waals surface area contributed by atoms with Crippen LogP contribution in [0, 0.1) is 17.8 Å². The van der Waals surface area contributed by atoms with Gasteiger partial charge in [-0.05, 0) is 54.3 Å². The summed E-state index contributed by atoms with van der Waals surface area (Å²) in [4.78, 5) is 12.8. The van der Waals surface area contributed by atoms with Crippen molar-refractivity contribution in [1.29, 1.82) is 0 Å². The van der Waals surface area contributed by atoms with Crippen LogP contribution in [0.2, 0.25) is 18.1 Å². The van der Waals surface area contributed by atoms with Crippen LogP contribution >= 0.6 is 0 Å². The van der Waals surface area contributed by atoms with Gasteiger partial charge in [0, 0.05) is 12.5 Å². The van der Waals surface area contributed by atoms with Crippen LogP contribution in [-0.4, -0.2) is 26.3 Å². The molecule has 3 nitrogen and oxygen atoms in total. The van der Waals surface area contributed by atoms with Crippen molar-refractivity contribution in [2.45, 2.75) is 96.7 Å². The first-order valence-corrected chi connectivity index (χ1v) is 14.4. The van der Waals surface area contributed by atoms with E-state index in [1.54, 1.807) is 0 Å². The standard InChI is InChI=1S/C25H40O3Si/c1-7-8-14-19-20-15-22(26)24(27-17-18-12-10-9-11-13-18)21(20)16-23(19)28-29(5,6)25(2,3)4/h9-13,19-21,23-24H,7-8,14-17H2,1-6H3/t19-,20-,21+,23-,24-/m1/s1. The second kappa shape index (κ2) is 9.03. The van der Waals surface area contributed by atoms with E-state index in [1.807, 2.05) is 18.2 Å². The minimum absolute atomic E-state index is 0.207. The van der Waals surface area contributed by atoms with E-state index in [0.717, 1.165) is 12.0 Å². The van der Waals surface area contributed by atoms with Crippen molar-refractivity contribution < 1.29 is 14.0 Å². The molecule has 162 valence electrons. The summed E-state index contributed by atoms with van der Waals surface area (Å²) in [7, 11) is -1.83. The molecule has 0 bridgehead atoms. The maximum atomic E-state index is 12.8. The Balaban J connectivity index is 1.73. The maximum Gasteiger partial charge on any atom is 0.192 e. The summed E-state index contributed by atoms with van der Waals surface area (Å²) in [5, 5.41) is 0.207. The molecule has 2 aliphatic carbocycles. The third-order valence-electron chi connectivity index (χ3n) is 7.64. The molecule has 0 heterocycles. The first-order valence-electron chi connectivity index (χ1n) is 11.5. The van der Waals surface area contributed by atoms with E-state index in [0.29, 0.717) is 36.6 Å². The highest BCUT2D eigenvalue weighted by Gasteiger charge is 2.55. The van der Waals surface area contributed by atoms with Crippen LogP contribution in [0.3, 0.4) is 0 Å². The highest BCUT2D eigenvalue weighted by atomic mass is 28.4. The second-order valence-electron chi connectivity index (χ2n) is 10.7. The van der Waals surface area contributed by atoms with Crippen molar-refractivity contribution in [2.24, 2.45) is 17.8 Å². The lowest BCUT2D eigenvalue weighted by Crippen LogP contribution is -2.45. The molecule has 3 rings (SSSR count). The van der Waals surface area contributed by atoms with E-state index in [9.17, 15) is 4.79 Å². The van der Waals surface area contributed by atoms with Gasteiger partial charge in [0.05, 0.1) is 6.61 Å². The van der Waals surface area contributed by atoms with Crippen molar-refractivity contribution in [3.05, 3.63) is 35.9 Å². The largest absolute Gasteiger partial charge is 0.414 e. The zero-order chi connectivity index (χ0) is 21.2. The van der Waals surface area contributed by atoms with Crippen molar-refractivity contribution in [3.8, 4) is 0 Å². The van der Waals surface area contributed by atoms with E-state index in [2.05, 4.69) is 52.9 Å². The second-order valence-corrected chi connectivity index (χ2v) is 15.4. The summed E-state index contributed by atoms with van der Waals surface area (Å²) in [6, 6.07) is 10.2. The minimum atomic E-state index is -1.83. The molecule has 0 saturated heterocycles. The molecule has 4 heteroatoms. The third kappa shape index (κ3) is 5.03. The first-order chi connectivity index (χ1) is 13.6. The highest BCUT2D eigenvalue weighted by Crippen LogP contribution is 2.52. The smallest absolute Gasteiger partial charge is 0.192 e. The Bertz CT molecular complexity index is 679. The van der Waals surface area contributed by atoms with Crippen molar-refractivity contribution in [3.63, 3.8) is 0 Å². The number of fused-ring (bicyclic) bond motifs is 1. The predicted octanol–water partition coefficient (Wildman–Crippen LogP) is 6.38. The quantitative estimate of drug-likeness (QED) is 0.461. The molecule has 0 radical (unpaired) electrons. The zero-order valence-corrected chi connectivity index (χ0v) is 20.2. The van der Waals surface area contributed by atoms with Crippen LogP contribution in [0.4, 0.5) is 0 Å². The Kier molecular flexibility index (Phi) is 7.07. The molecule has 0 aromatic heterocycles. The lowest BCUT2D eigenvalue weighted by Gasteiger charge is -2.40. The summed E-state index contributed by atoms with van der Waals surface area (Å²) < 4.78 is 13.1. The van der Waals surface area contributed by atoms with Gasteiger partial charge in [0.1, 0.15) is 6.10 Å². The molecule has 5 atom stereocenters. The molecule has 0 spiro atoms. The molecular formula is C25H40O3Si. The topological polar surface area (TPSA) is 35.5 Å². The fourth-order valence-corrected chi connectivity index (χ4v) is 6.34. The summed E-state index contributed by atoms with van der Waals surface area (Å²) >= 11 is 0. The monoisotopic (exact) mass is 416 g/mol. The van der Waals surface area contributed by atoms with Gasteiger partial charge in [-0.15, -0.1) is 0 Å². The molecule has 0 N–H and O–H groups in total. The van der Waals surface area contributed by atoms with Crippen LogP contribution in [0.15, 0.2) is 30.3 Å². The van der Waals surface area contributed by atoms with E-state index in [-0.39, 0.29) is 17.2 Å². The molecule has 1 aromatic carbocycles. The molecule has 0 aliphatic heterocycles. The molecule has 2 aliphatic rings. The SMILES string of the molecule is CCCC[C@@H]1[C@H]2CC(=O)[C@H](OCc3ccccc3)[C@H]2C[C@H]1O[Si](C)(C)C(C)(C)C. The molecular weight excluding hydrogens is 376 g/mol. The Morgan fingerprint density at radius 3 is 2.41 bits per heavy atom. The van der Waals surface area contributed by atoms with E-state index in [4.69, 9.17) is 9.16 Å². The molecule has 2 fully saturated rings. The number of hydrogen-bond acceptors (Lipinski definition) is 3. The lowest BCUT2D eigenvalue weighted by atomic mass is 9.87. The number of carbonyl (C=O) groups excluding carboxylic acids is 1. The van der Waals surface area contributed by atoms with Crippen LogP contribution in [0.25, 0.3) is 0 Å². The number of unbranched alkanes of at least 4 members (excludes halogenated alkanes) is 1. The number of hydrogen-bond donors (Lipinski definition) is 0. The van der Waals surface area contributed by atoms with Crippen molar-refractivity contribution in [1.82, 2.24) is 0 Å². The Hall–Kier alpha value is -0.973. The number of ketones is 1. The molecule has 2 saturated carbocycles. The molecule has 0 unspecified atom stereocenters. The minimum Gasteiger partial charge on any atom is -0.414 e. The lowest BCUT2D eigenvalue weighted by molar-refractivity contribution is -0.130. The number of carbonyl (C=O) groups is 1. The Morgan fingerprint density at radius 1 is 1.10 bits per heavy atom. The van der Waals surface area contributed by atoms with Crippen LogP contribution in [0.1, 0.15) is 65.4 Å². The van der Waals surface area contributed by atoms with Gasteiger partial charge in [-0.1, -0.05) is 70.9 Å². The van der Waals surface area contributed by atoms with Gasteiger partial charge < -0.3 is 9.16 Å². The maximum absolute atomic E-state index is 12.8. The highest BCUT2D eigenvalue weighted by molar-refractivity contribution is 6.74. The fraction of sp³-hybridized carbons (Fsp3) is 0.720. The number of benzene rings is 1.